The molecule has 3 rings (SSSR count). The summed E-state index contributed by atoms with van der Waals surface area (Å²) < 4.78 is 0. The monoisotopic (exact) mass is 424 g/mol. The third kappa shape index (κ3) is 4.60. The summed E-state index contributed by atoms with van der Waals surface area (Å²) in [5, 5.41) is 23.9. The number of ketones is 1. The van der Waals surface area contributed by atoms with Gasteiger partial charge in [0.25, 0.3) is 5.91 Å². The Kier molecular flexibility index (Phi) is 6.15. The summed E-state index contributed by atoms with van der Waals surface area (Å²) in [6.07, 6.45) is 3.65. The number of hydrazone groups is 1. The number of rotatable bonds is 5. The van der Waals surface area contributed by atoms with E-state index in [-0.39, 0.29) is 47.7 Å². The molecule has 0 saturated carbocycles. The normalized spacial score (nSPS) is 26.0. The number of carboxylic acid groups (broad SMARTS) is 1. The number of amides is 1. The summed E-state index contributed by atoms with van der Waals surface area (Å²) in [5.41, 5.74) is 2.29. The van der Waals surface area contributed by atoms with Crippen LogP contribution in [-0.2, 0) is 14.4 Å². The topological polar surface area (TPSA) is 116 Å². The highest BCUT2D eigenvalue weighted by Crippen LogP contribution is 2.44. The van der Waals surface area contributed by atoms with Gasteiger partial charge in [-0.15, -0.1) is 0 Å². The van der Waals surface area contributed by atoms with E-state index >= 15 is 0 Å². The molecule has 31 heavy (non-hydrogen) atoms. The zero-order valence-corrected chi connectivity index (χ0v) is 18.0. The number of hydrogen-bond donors (Lipinski definition) is 3. The van der Waals surface area contributed by atoms with Crippen molar-refractivity contribution in [3.8, 4) is 0 Å². The van der Waals surface area contributed by atoms with E-state index in [0.29, 0.717) is 6.42 Å². The Morgan fingerprint density at radius 1 is 1.19 bits per heavy atom. The minimum absolute atomic E-state index is 0.0468. The maximum absolute atomic E-state index is 13.0. The van der Waals surface area contributed by atoms with Crippen LogP contribution < -0.4 is 5.43 Å². The number of carbonyl (C=O) groups is 3. The molecule has 7 heteroatoms. The first kappa shape index (κ1) is 22.5. The minimum Gasteiger partial charge on any atom is -0.511 e. The lowest BCUT2D eigenvalue weighted by Crippen LogP contribution is -2.47. The van der Waals surface area contributed by atoms with Crippen LogP contribution in [0.1, 0.15) is 57.9 Å². The standard InChI is InChI=1S/C24H28N2O5/c1-15-9-10-24(22(30)31,11-17(15)16-7-5-4-6-8-16)21(29)26-25-14-18-19(27)12-23(2,3)13-20(18)28/h4-9,14,17,27H,10-13H2,1-3H3,(H,26,29)(H,30,31)/b25-14-/t17-,24+/m0/s1. The Morgan fingerprint density at radius 3 is 2.48 bits per heavy atom. The van der Waals surface area contributed by atoms with Gasteiger partial charge in [0.15, 0.2) is 11.2 Å². The minimum atomic E-state index is -1.67. The lowest BCUT2D eigenvalue weighted by Gasteiger charge is -2.35. The Bertz CT molecular complexity index is 990. The van der Waals surface area contributed by atoms with Crippen LogP contribution >= 0.6 is 0 Å². The first-order valence-electron chi connectivity index (χ1n) is 10.3. The van der Waals surface area contributed by atoms with Crippen molar-refractivity contribution in [2.24, 2.45) is 15.9 Å². The summed E-state index contributed by atoms with van der Waals surface area (Å²) >= 11 is 0. The van der Waals surface area contributed by atoms with Gasteiger partial charge < -0.3 is 10.2 Å². The van der Waals surface area contributed by atoms with Gasteiger partial charge in [-0.1, -0.05) is 55.8 Å². The summed E-state index contributed by atoms with van der Waals surface area (Å²) in [7, 11) is 0. The number of benzene rings is 1. The molecule has 1 amide bonds. The molecule has 3 N–H and O–H groups in total. The first-order valence-corrected chi connectivity index (χ1v) is 10.3. The molecule has 0 radical (unpaired) electrons. The van der Waals surface area contributed by atoms with E-state index in [1.54, 1.807) is 6.08 Å². The summed E-state index contributed by atoms with van der Waals surface area (Å²) in [4.78, 5) is 37.4. The third-order valence-corrected chi connectivity index (χ3v) is 6.18. The number of nitrogens with zero attached hydrogens (tertiary/aromatic N) is 1. The number of hydrogen-bond acceptors (Lipinski definition) is 5. The number of aliphatic carboxylic acids is 1. The molecule has 1 aromatic rings. The highest BCUT2D eigenvalue weighted by atomic mass is 16.4. The maximum Gasteiger partial charge on any atom is 0.319 e. The van der Waals surface area contributed by atoms with Gasteiger partial charge in [0, 0.05) is 18.8 Å². The number of aliphatic hydroxyl groups excluding tert-OH is 1. The lowest BCUT2D eigenvalue weighted by atomic mass is 9.68. The van der Waals surface area contributed by atoms with Crippen LogP contribution in [0.15, 0.2) is 58.4 Å². The van der Waals surface area contributed by atoms with Gasteiger partial charge in [-0.3, -0.25) is 14.4 Å². The molecule has 0 saturated heterocycles. The molecule has 0 bridgehead atoms. The molecule has 0 heterocycles. The second kappa shape index (κ2) is 8.49. The summed E-state index contributed by atoms with van der Waals surface area (Å²) in [6.45, 7) is 5.70. The van der Waals surface area contributed by atoms with E-state index in [1.165, 1.54) is 0 Å². The molecule has 2 aliphatic rings. The van der Waals surface area contributed by atoms with Crippen LogP contribution in [0.25, 0.3) is 0 Å². The number of allylic oxidation sites excluding steroid dienone is 4. The molecule has 1 aromatic carbocycles. The van der Waals surface area contributed by atoms with E-state index < -0.39 is 17.3 Å². The number of Topliss-reactive ketones (excluding diaryl/α,β-unsaturated/α-hetero) is 1. The number of carboxylic acids is 1. The molecular weight excluding hydrogens is 396 g/mol. The largest absolute Gasteiger partial charge is 0.511 e. The Balaban J connectivity index is 1.81. The van der Waals surface area contributed by atoms with E-state index in [4.69, 9.17) is 0 Å². The van der Waals surface area contributed by atoms with Crippen molar-refractivity contribution in [2.45, 2.75) is 52.4 Å². The highest BCUT2D eigenvalue weighted by Gasteiger charge is 2.49. The van der Waals surface area contributed by atoms with Crippen molar-refractivity contribution in [1.82, 2.24) is 5.43 Å². The van der Waals surface area contributed by atoms with Gasteiger partial charge in [-0.05, 0) is 30.7 Å². The van der Waals surface area contributed by atoms with Crippen LogP contribution in [0.3, 0.4) is 0 Å². The van der Waals surface area contributed by atoms with Crippen molar-refractivity contribution in [3.63, 3.8) is 0 Å². The van der Waals surface area contributed by atoms with Crippen molar-refractivity contribution in [1.29, 1.82) is 0 Å². The second-order valence-corrected chi connectivity index (χ2v) is 9.21. The quantitative estimate of drug-likeness (QED) is 0.287. The van der Waals surface area contributed by atoms with E-state index in [0.717, 1.165) is 17.4 Å². The predicted octanol–water partition coefficient (Wildman–Crippen LogP) is 3.88. The van der Waals surface area contributed by atoms with E-state index in [1.807, 2.05) is 51.1 Å². The van der Waals surface area contributed by atoms with Gasteiger partial charge in [-0.25, -0.2) is 5.43 Å². The van der Waals surface area contributed by atoms with Gasteiger partial charge in [0.2, 0.25) is 0 Å². The second-order valence-electron chi connectivity index (χ2n) is 9.21. The number of carbonyl (C=O) groups excluding carboxylic acids is 2. The molecule has 0 fully saturated rings. The molecule has 164 valence electrons. The van der Waals surface area contributed by atoms with Crippen LogP contribution in [0.4, 0.5) is 0 Å². The van der Waals surface area contributed by atoms with Crippen molar-refractivity contribution < 1.29 is 24.6 Å². The van der Waals surface area contributed by atoms with Crippen molar-refractivity contribution in [2.75, 3.05) is 0 Å². The molecule has 0 unspecified atom stereocenters. The average Bonchev–Trinajstić information content (AvgIpc) is 2.70. The molecule has 0 aliphatic heterocycles. The highest BCUT2D eigenvalue weighted by molar-refractivity contribution is 6.14. The number of nitrogens with one attached hydrogen (secondary N) is 1. The van der Waals surface area contributed by atoms with Crippen LogP contribution in [0.2, 0.25) is 0 Å². The zero-order valence-electron chi connectivity index (χ0n) is 18.0. The zero-order chi connectivity index (χ0) is 22.8. The van der Waals surface area contributed by atoms with Gasteiger partial charge >= 0.3 is 5.97 Å². The fourth-order valence-electron chi connectivity index (χ4n) is 4.30. The third-order valence-electron chi connectivity index (χ3n) is 6.18. The lowest BCUT2D eigenvalue weighted by molar-refractivity contribution is -0.157. The Morgan fingerprint density at radius 2 is 1.87 bits per heavy atom. The van der Waals surface area contributed by atoms with Crippen LogP contribution in [0, 0.1) is 10.8 Å². The smallest absolute Gasteiger partial charge is 0.319 e. The molecule has 2 aliphatic carbocycles. The maximum atomic E-state index is 13.0. The number of aliphatic hydroxyl groups is 1. The molecular formula is C24H28N2O5. The van der Waals surface area contributed by atoms with Gasteiger partial charge in [-0.2, -0.15) is 5.10 Å². The molecule has 7 nitrogen and oxygen atoms in total. The van der Waals surface area contributed by atoms with Crippen LogP contribution in [0.5, 0.6) is 0 Å². The predicted molar refractivity (Wildman–Crippen MR) is 117 cm³/mol. The molecule has 0 spiro atoms. The first-order chi connectivity index (χ1) is 14.6. The summed E-state index contributed by atoms with van der Waals surface area (Å²) in [5.74, 6) is -2.51. The van der Waals surface area contributed by atoms with E-state index in [9.17, 15) is 24.6 Å². The Hall–Kier alpha value is -3.22. The van der Waals surface area contributed by atoms with Gasteiger partial charge in [0.05, 0.1) is 11.8 Å². The summed E-state index contributed by atoms with van der Waals surface area (Å²) in [6, 6.07) is 9.48. The average molecular weight is 424 g/mol. The Labute approximate surface area is 181 Å². The van der Waals surface area contributed by atoms with Crippen molar-refractivity contribution >= 4 is 23.9 Å². The van der Waals surface area contributed by atoms with Crippen LogP contribution in [-0.4, -0.2) is 34.1 Å². The SMILES string of the molecule is CC1=CC[C@](C(=O)O)(C(=O)N/N=C\C2=C(O)CC(C)(C)CC2=O)C[C@@H]1c1ccccc1. The fraction of sp³-hybridized carbons (Fsp3) is 0.417. The molecule has 0 aromatic heterocycles. The van der Waals surface area contributed by atoms with Gasteiger partial charge in [0.1, 0.15) is 5.76 Å². The molecule has 2 atom stereocenters. The van der Waals surface area contributed by atoms with Crippen molar-refractivity contribution in [3.05, 3.63) is 58.9 Å². The fourth-order valence-corrected chi connectivity index (χ4v) is 4.30. The van der Waals surface area contributed by atoms with E-state index in [2.05, 4.69) is 10.5 Å².